The van der Waals surface area contributed by atoms with Crippen molar-refractivity contribution in [2.24, 2.45) is 5.73 Å². The van der Waals surface area contributed by atoms with Gasteiger partial charge in [-0.2, -0.15) is 0 Å². The van der Waals surface area contributed by atoms with Gasteiger partial charge in [-0.15, -0.1) is 0 Å². The van der Waals surface area contributed by atoms with E-state index in [-0.39, 0.29) is 19.5 Å². The molecule has 0 aromatic heterocycles. The summed E-state index contributed by atoms with van der Waals surface area (Å²) in [6, 6.07) is -1.25. The molecule has 1 atom stereocenters. The van der Waals surface area contributed by atoms with E-state index in [2.05, 4.69) is 0 Å². The van der Waals surface area contributed by atoms with Crippen molar-refractivity contribution in [1.82, 2.24) is 4.90 Å². The molecule has 0 saturated carbocycles. The minimum Gasteiger partial charge on any atom is -0.444 e. The van der Waals surface area contributed by atoms with Crippen molar-refractivity contribution in [3.63, 3.8) is 0 Å². The van der Waals surface area contributed by atoms with Gasteiger partial charge in [-0.25, -0.2) is 13.6 Å². The first-order valence-corrected chi connectivity index (χ1v) is 5.25. The van der Waals surface area contributed by atoms with E-state index in [0.717, 1.165) is 4.90 Å². The predicted octanol–water partition coefficient (Wildman–Crippen LogP) is 1.59. The third-order valence-corrected chi connectivity index (χ3v) is 2.40. The van der Waals surface area contributed by atoms with Gasteiger partial charge in [0.05, 0.1) is 0 Å². The maximum Gasteiger partial charge on any atom is 0.410 e. The average Bonchev–Trinajstić information content (AvgIpc) is 2.37. The van der Waals surface area contributed by atoms with Crippen molar-refractivity contribution in [2.75, 3.05) is 13.1 Å². The van der Waals surface area contributed by atoms with E-state index in [1.807, 2.05) is 0 Å². The third-order valence-electron chi connectivity index (χ3n) is 2.40. The van der Waals surface area contributed by atoms with Crippen molar-refractivity contribution in [3.05, 3.63) is 0 Å². The molecule has 1 saturated heterocycles. The molecule has 94 valence electrons. The van der Waals surface area contributed by atoms with Gasteiger partial charge in [0, 0.05) is 19.5 Å². The van der Waals surface area contributed by atoms with Gasteiger partial charge in [-0.1, -0.05) is 0 Å². The molecule has 1 rings (SSSR count). The lowest BCUT2D eigenvalue weighted by Crippen LogP contribution is -2.48. The molecule has 0 unspecified atom stereocenters. The predicted molar refractivity (Wildman–Crippen MR) is 55.3 cm³/mol. The molecule has 0 aliphatic carbocycles. The third kappa shape index (κ3) is 2.81. The number of alkyl halides is 2. The first kappa shape index (κ1) is 13.2. The zero-order chi connectivity index (χ0) is 12.6. The first-order chi connectivity index (χ1) is 7.17. The second kappa shape index (κ2) is 4.16. The summed E-state index contributed by atoms with van der Waals surface area (Å²) in [5, 5.41) is 0. The summed E-state index contributed by atoms with van der Waals surface area (Å²) >= 11 is 0. The van der Waals surface area contributed by atoms with Gasteiger partial charge in [-0.3, -0.25) is 4.90 Å². The number of ether oxygens (including phenoxy) is 1. The number of hydrogen-bond acceptors (Lipinski definition) is 3. The maximum absolute atomic E-state index is 13.3. The van der Waals surface area contributed by atoms with Gasteiger partial charge < -0.3 is 10.5 Å². The molecule has 0 aromatic rings. The Hall–Kier alpha value is -0.910. The van der Waals surface area contributed by atoms with Crippen LogP contribution >= 0.6 is 0 Å². The second-order valence-corrected chi connectivity index (χ2v) is 4.94. The summed E-state index contributed by atoms with van der Waals surface area (Å²) in [5.41, 5.74) is 4.59. The molecule has 1 amide bonds. The Kier molecular flexibility index (Phi) is 3.42. The maximum atomic E-state index is 13.3. The number of likely N-dealkylation sites (tertiary alicyclic amines) is 1. The van der Waals surface area contributed by atoms with Gasteiger partial charge in [0.2, 0.25) is 0 Å². The van der Waals surface area contributed by atoms with Gasteiger partial charge in [0.25, 0.3) is 5.92 Å². The fourth-order valence-electron chi connectivity index (χ4n) is 1.66. The molecule has 0 bridgehead atoms. The first-order valence-electron chi connectivity index (χ1n) is 5.25. The summed E-state index contributed by atoms with van der Waals surface area (Å²) in [4.78, 5) is 12.7. The Morgan fingerprint density at radius 3 is 2.56 bits per heavy atom. The van der Waals surface area contributed by atoms with Crippen LogP contribution in [0.2, 0.25) is 0 Å². The molecule has 0 spiro atoms. The summed E-state index contributed by atoms with van der Waals surface area (Å²) < 4.78 is 31.7. The van der Waals surface area contributed by atoms with Gasteiger partial charge >= 0.3 is 6.09 Å². The standard InChI is InChI=1S/C10H18F2N2O2/c1-9(2,3)16-8(15)14-5-4-10(11,12)7(14)6-13/h7H,4-6,13H2,1-3H3/t7-/m1/s1. The Labute approximate surface area is 93.7 Å². The number of rotatable bonds is 1. The molecular formula is C10H18F2N2O2. The Morgan fingerprint density at radius 2 is 2.12 bits per heavy atom. The highest BCUT2D eigenvalue weighted by Gasteiger charge is 2.50. The zero-order valence-electron chi connectivity index (χ0n) is 9.80. The largest absolute Gasteiger partial charge is 0.444 e. The van der Waals surface area contributed by atoms with Crippen molar-refractivity contribution in [3.8, 4) is 0 Å². The van der Waals surface area contributed by atoms with Crippen LogP contribution in [0.25, 0.3) is 0 Å². The van der Waals surface area contributed by atoms with Crippen molar-refractivity contribution in [2.45, 2.75) is 44.8 Å². The van der Waals surface area contributed by atoms with Crippen molar-refractivity contribution < 1.29 is 18.3 Å². The topological polar surface area (TPSA) is 55.6 Å². The van der Waals surface area contributed by atoms with Gasteiger partial charge in [0.1, 0.15) is 11.6 Å². The lowest BCUT2D eigenvalue weighted by molar-refractivity contribution is -0.0372. The summed E-state index contributed by atoms with van der Waals surface area (Å²) in [6.45, 7) is 4.81. The van der Waals surface area contributed by atoms with E-state index in [1.54, 1.807) is 20.8 Å². The van der Waals surface area contributed by atoms with E-state index < -0.39 is 23.7 Å². The quantitative estimate of drug-likeness (QED) is 0.752. The fourth-order valence-corrected chi connectivity index (χ4v) is 1.66. The van der Waals surface area contributed by atoms with Crippen molar-refractivity contribution in [1.29, 1.82) is 0 Å². The molecular weight excluding hydrogens is 218 g/mol. The number of carbonyl (C=O) groups is 1. The highest BCUT2D eigenvalue weighted by molar-refractivity contribution is 5.69. The molecule has 0 radical (unpaired) electrons. The number of halogens is 2. The second-order valence-electron chi connectivity index (χ2n) is 4.94. The minimum absolute atomic E-state index is 0.0101. The molecule has 1 aliphatic heterocycles. The average molecular weight is 236 g/mol. The van der Waals surface area contributed by atoms with Gasteiger partial charge in [0.15, 0.2) is 0 Å². The fraction of sp³-hybridized carbons (Fsp3) is 0.900. The molecule has 4 nitrogen and oxygen atoms in total. The summed E-state index contributed by atoms with van der Waals surface area (Å²) in [5.74, 6) is -2.91. The Balaban J connectivity index is 2.71. The summed E-state index contributed by atoms with van der Waals surface area (Å²) in [6.07, 6.45) is -1.08. The van der Waals surface area contributed by atoms with E-state index in [9.17, 15) is 13.6 Å². The lowest BCUT2D eigenvalue weighted by atomic mass is 10.1. The number of carbonyl (C=O) groups excluding carboxylic acids is 1. The molecule has 1 heterocycles. The monoisotopic (exact) mass is 236 g/mol. The minimum atomic E-state index is -2.91. The highest BCUT2D eigenvalue weighted by atomic mass is 19.3. The van der Waals surface area contributed by atoms with Crippen LogP contribution in [0.15, 0.2) is 0 Å². The molecule has 2 N–H and O–H groups in total. The number of hydrogen-bond donors (Lipinski definition) is 1. The number of nitrogens with zero attached hydrogens (tertiary/aromatic N) is 1. The lowest BCUT2D eigenvalue weighted by Gasteiger charge is -2.29. The zero-order valence-corrected chi connectivity index (χ0v) is 9.80. The van der Waals surface area contributed by atoms with E-state index in [0.29, 0.717) is 0 Å². The number of amides is 1. The van der Waals surface area contributed by atoms with Crippen LogP contribution in [-0.4, -0.2) is 41.6 Å². The van der Waals surface area contributed by atoms with Crippen LogP contribution < -0.4 is 5.73 Å². The van der Waals surface area contributed by atoms with Crippen LogP contribution in [0.1, 0.15) is 27.2 Å². The molecule has 1 aliphatic rings. The van der Waals surface area contributed by atoms with Crippen LogP contribution in [-0.2, 0) is 4.74 Å². The molecule has 6 heteroatoms. The van der Waals surface area contributed by atoms with Crippen LogP contribution in [0.5, 0.6) is 0 Å². The Morgan fingerprint density at radius 1 is 1.56 bits per heavy atom. The van der Waals surface area contributed by atoms with Crippen molar-refractivity contribution >= 4 is 6.09 Å². The van der Waals surface area contributed by atoms with Crippen LogP contribution in [0, 0.1) is 0 Å². The molecule has 1 fully saturated rings. The Bertz CT molecular complexity index is 276. The smallest absolute Gasteiger partial charge is 0.410 e. The summed E-state index contributed by atoms with van der Waals surface area (Å²) in [7, 11) is 0. The van der Waals surface area contributed by atoms with E-state index >= 15 is 0 Å². The SMILES string of the molecule is CC(C)(C)OC(=O)N1CCC(F)(F)[C@H]1CN. The molecule has 0 aromatic carbocycles. The van der Waals surface area contributed by atoms with Crippen LogP contribution in [0.4, 0.5) is 13.6 Å². The van der Waals surface area contributed by atoms with Crippen LogP contribution in [0.3, 0.4) is 0 Å². The molecule has 16 heavy (non-hydrogen) atoms. The van der Waals surface area contributed by atoms with E-state index in [4.69, 9.17) is 10.5 Å². The highest BCUT2D eigenvalue weighted by Crippen LogP contribution is 2.34. The number of nitrogens with two attached hydrogens (primary N) is 1. The normalized spacial score (nSPS) is 24.6. The van der Waals surface area contributed by atoms with E-state index in [1.165, 1.54) is 0 Å². The van der Waals surface area contributed by atoms with Gasteiger partial charge in [-0.05, 0) is 20.8 Å².